The van der Waals surface area contributed by atoms with Crippen LogP contribution in [0.3, 0.4) is 0 Å². The quantitative estimate of drug-likeness (QED) is 0.610. The summed E-state index contributed by atoms with van der Waals surface area (Å²) < 4.78 is 0. The van der Waals surface area contributed by atoms with Crippen LogP contribution in [-0.4, -0.2) is 41.1 Å². The molecule has 7 nitrogen and oxygen atoms in total. The highest BCUT2D eigenvalue weighted by Gasteiger charge is 2.40. The zero-order valence-electron chi connectivity index (χ0n) is 15.1. The smallest absolute Gasteiger partial charge is 0.262 e. The summed E-state index contributed by atoms with van der Waals surface area (Å²) in [5, 5.41) is 5.05. The van der Waals surface area contributed by atoms with Crippen LogP contribution in [0.5, 0.6) is 0 Å². The maximum absolute atomic E-state index is 12.4. The number of anilines is 1. The Balaban J connectivity index is 1.59. The van der Waals surface area contributed by atoms with Crippen molar-refractivity contribution in [3.63, 3.8) is 0 Å². The molecule has 0 spiro atoms. The number of amides is 4. The van der Waals surface area contributed by atoms with Crippen LogP contribution in [0.15, 0.2) is 48.5 Å². The van der Waals surface area contributed by atoms with E-state index in [-0.39, 0.29) is 17.7 Å². The summed E-state index contributed by atoms with van der Waals surface area (Å²) in [5.41, 5.74) is 1.64. The van der Waals surface area contributed by atoms with E-state index >= 15 is 0 Å². The van der Waals surface area contributed by atoms with Crippen molar-refractivity contribution < 1.29 is 19.2 Å². The fourth-order valence-electron chi connectivity index (χ4n) is 2.88. The number of benzene rings is 2. The van der Waals surface area contributed by atoms with Crippen molar-refractivity contribution in [1.29, 1.82) is 0 Å². The van der Waals surface area contributed by atoms with E-state index in [1.807, 2.05) is 0 Å². The van der Waals surface area contributed by atoms with Crippen LogP contribution >= 0.6 is 0 Å². The monoisotopic (exact) mass is 375 g/mol. The molecule has 0 fully saturated rings. The van der Waals surface area contributed by atoms with Gasteiger partial charge in [0.2, 0.25) is 11.8 Å². The van der Waals surface area contributed by atoms with Crippen molar-refractivity contribution in [1.82, 2.24) is 10.2 Å². The highest BCUT2D eigenvalue weighted by molar-refractivity contribution is 6.22. The van der Waals surface area contributed by atoms with Gasteiger partial charge in [0, 0.05) is 11.3 Å². The zero-order valence-corrected chi connectivity index (χ0v) is 15.1. The van der Waals surface area contributed by atoms with Gasteiger partial charge < -0.3 is 10.6 Å². The average molecular weight is 375 g/mol. The fourth-order valence-corrected chi connectivity index (χ4v) is 2.88. The van der Waals surface area contributed by atoms with Gasteiger partial charge in [0.1, 0.15) is 6.04 Å². The number of nitrogens with zero attached hydrogens (tertiary/aromatic N) is 1. The number of hydrogen-bond donors (Lipinski definition) is 2. The maximum Gasteiger partial charge on any atom is 0.262 e. The normalized spacial score (nSPS) is 13.5. The van der Waals surface area contributed by atoms with Crippen LogP contribution in [0.4, 0.5) is 5.69 Å². The maximum atomic E-state index is 12.4. The highest BCUT2D eigenvalue weighted by Crippen LogP contribution is 2.24. The minimum absolute atomic E-state index is 0.262. The summed E-state index contributed by atoms with van der Waals surface area (Å²) in [5.74, 6) is 0.334. The average Bonchev–Trinajstić information content (AvgIpc) is 2.96. The lowest BCUT2D eigenvalue weighted by atomic mass is 10.1. The molecule has 4 amide bonds. The van der Waals surface area contributed by atoms with Crippen LogP contribution in [0.1, 0.15) is 33.2 Å². The number of nitrogens with one attached hydrogen (secondary N) is 2. The van der Waals surface area contributed by atoms with Gasteiger partial charge in [-0.2, -0.15) is 0 Å². The van der Waals surface area contributed by atoms with Gasteiger partial charge in [-0.05, 0) is 37.3 Å². The summed E-state index contributed by atoms with van der Waals surface area (Å²) in [7, 11) is 0. The largest absolute Gasteiger partial charge is 0.345 e. The Morgan fingerprint density at radius 2 is 1.71 bits per heavy atom. The SMILES string of the molecule is C#Cc1cccc(NC(=O)CNC(=O)C(C)N2C(=O)c3ccccc3C2=O)c1. The molecule has 0 saturated heterocycles. The molecule has 2 aromatic rings. The molecule has 1 atom stereocenters. The van der Waals surface area contributed by atoms with E-state index in [9.17, 15) is 19.2 Å². The number of hydrogen-bond acceptors (Lipinski definition) is 4. The minimum Gasteiger partial charge on any atom is -0.345 e. The Morgan fingerprint density at radius 1 is 1.07 bits per heavy atom. The molecule has 0 bridgehead atoms. The lowest BCUT2D eigenvalue weighted by Crippen LogP contribution is -2.49. The van der Waals surface area contributed by atoms with E-state index < -0.39 is 29.7 Å². The van der Waals surface area contributed by atoms with Gasteiger partial charge >= 0.3 is 0 Å². The third-order valence-corrected chi connectivity index (χ3v) is 4.33. The predicted octanol–water partition coefficient (Wildman–Crippen LogP) is 1.41. The molecule has 0 radical (unpaired) electrons. The Labute approximate surface area is 161 Å². The molecule has 0 aliphatic carbocycles. The first-order chi connectivity index (χ1) is 13.4. The van der Waals surface area contributed by atoms with Gasteiger partial charge in [-0.1, -0.05) is 24.1 Å². The number of terminal acetylenes is 1. The van der Waals surface area contributed by atoms with Crippen molar-refractivity contribution in [3.05, 3.63) is 65.2 Å². The Bertz CT molecular complexity index is 987. The molecule has 1 aliphatic rings. The number of carbonyl (C=O) groups excluding carboxylic acids is 4. The summed E-state index contributed by atoms with van der Waals surface area (Å²) in [6.45, 7) is 1.12. The van der Waals surface area contributed by atoms with E-state index in [2.05, 4.69) is 16.6 Å². The van der Waals surface area contributed by atoms with Crippen molar-refractivity contribution in [2.75, 3.05) is 11.9 Å². The van der Waals surface area contributed by atoms with Gasteiger partial charge in [-0.15, -0.1) is 6.42 Å². The molecule has 1 aliphatic heterocycles. The van der Waals surface area contributed by atoms with Crippen LogP contribution in [0.25, 0.3) is 0 Å². The molecule has 28 heavy (non-hydrogen) atoms. The summed E-state index contributed by atoms with van der Waals surface area (Å²) in [4.78, 5) is 50.2. The van der Waals surface area contributed by atoms with Gasteiger partial charge in [0.25, 0.3) is 11.8 Å². The van der Waals surface area contributed by atoms with Crippen molar-refractivity contribution in [3.8, 4) is 12.3 Å². The first-order valence-corrected chi connectivity index (χ1v) is 8.53. The van der Waals surface area contributed by atoms with Crippen LogP contribution < -0.4 is 10.6 Å². The van der Waals surface area contributed by atoms with Crippen LogP contribution in [0, 0.1) is 12.3 Å². The second-order valence-electron chi connectivity index (χ2n) is 6.19. The molecule has 1 heterocycles. The Hall–Kier alpha value is -3.92. The molecule has 140 valence electrons. The first kappa shape index (κ1) is 18.9. The van der Waals surface area contributed by atoms with Crippen molar-refractivity contribution in [2.45, 2.75) is 13.0 Å². The second kappa shape index (κ2) is 7.76. The Morgan fingerprint density at radius 3 is 2.32 bits per heavy atom. The molecular formula is C21H17N3O4. The third-order valence-electron chi connectivity index (χ3n) is 4.33. The lowest BCUT2D eigenvalue weighted by molar-refractivity contribution is -0.126. The van der Waals surface area contributed by atoms with Gasteiger partial charge in [0.15, 0.2) is 0 Å². The second-order valence-corrected chi connectivity index (χ2v) is 6.19. The van der Waals surface area contributed by atoms with E-state index in [4.69, 9.17) is 6.42 Å². The predicted molar refractivity (Wildman–Crippen MR) is 102 cm³/mol. The van der Waals surface area contributed by atoms with Gasteiger partial charge in [0.05, 0.1) is 17.7 Å². The van der Waals surface area contributed by atoms with Gasteiger partial charge in [-0.3, -0.25) is 24.1 Å². The molecule has 7 heteroatoms. The number of rotatable bonds is 5. The number of carbonyl (C=O) groups is 4. The van der Waals surface area contributed by atoms with Crippen LogP contribution in [-0.2, 0) is 9.59 Å². The lowest BCUT2D eigenvalue weighted by Gasteiger charge is -2.21. The molecular weight excluding hydrogens is 358 g/mol. The molecule has 0 aromatic heterocycles. The topological polar surface area (TPSA) is 95.6 Å². The number of fused-ring (bicyclic) bond motifs is 1. The van der Waals surface area contributed by atoms with E-state index in [1.165, 1.54) is 19.1 Å². The molecule has 2 N–H and O–H groups in total. The molecule has 0 saturated carbocycles. The fraction of sp³-hybridized carbons (Fsp3) is 0.143. The summed E-state index contributed by atoms with van der Waals surface area (Å²) in [6, 6.07) is 12.0. The first-order valence-electron chi connectivity index (χ1n) is 8.53. The Kier molecular flexibility index (Phi) is 5.23. The molecule has 3 rings (SSSR count). The van der Waals surface area contributed by atoms with Crippen LogP contribution in [0.2, 0.25) is 0 Å². The standard InChI is InChI=1S/C21H17N3O4/c1-3-14-7-6-8-15(11-14)23-18(25)12-22-19(26)13(2)24-20(27)16-9-4-5-10-17(16)21(24)28/h1,4-11,13H,12H2,2H3,(H,22,26)(H,23,25). The van der Waals surface area contributed by atoms with E-state index in [0.29, 0.717) is 11.3 Å². The highest BCUT2D eigenvalue weighted by atomic mass is 16.2. The van der Waals surface area contributed by atoms with Gasteiger partial charge in [-0.25, -0.2) is 0 Å². The van der Waals surface area contributed by atoms with Crippen molar-refractivity contribution >= 4 is 29.3 Å². The minimum atomic E-state index is -1.05. The third kappa shape index (κ3) is 3.62. The molecule has 2 aromatic carbocycles. The van der Waals surface area contributed by atoms with E-state index in [0.717, 1.165) is 4.90 Å². The van der Waals surface area contributed by atoms with E-state index in [1.54, 1.807) is 36.4 Å². The van der Waals surface area contributed by atoms with Crippen molar-refractivity contribution in [2.24, 2.45) is 0 Å². The number of imide groups is 1. The zero-order chi connectivity index (χ0) is 20.3. The summed E-state index contributed by atoms with van der Waals surface area (Å²) in [6.07, 6.45) is 5.32. The summed E-state index contributed by atoms with van der Waals surface area (Å²) >= 11 is 0. The molecule has 1 unspecified atom stereocenters.